The Hall–Kier alpha value is -1.56. The van der Waals surface area contributed by atoms with E-state index in [4.69, 9.17) is 21.8 Å². The lowest BCUT2D eigenvalue weighted by molar-refractivity contribution is -0.126. The predicted octanol–water partition coefficient (Wildman–Crippen LogP) is 3.72. The molecular formula is C18H23Cl2N3O2. The van der Waals surface area contributed by atoms with E-state index in [9.17, 15) is 4.79 Å². The van der Waals surface area contributed by atoms with Crippen molar-refractivity contribution in [2.45, 2.75) is 32.7 Å². The number of oxazole rings is 1. The number of nitrogens with two attached hydrogens (primary N) is 1. The zero-order valence-electron chi connectivity index (χ0n) is 14.1. The minimum atomic E-state index is 0. The summed E-state index contributed by atoms with van der Waals surface area (Å²) in [5, 5.41) is 3.61. The minimum absolute atomic E-state index is 0. The molecule has 1 fully saturated rings. The van der Waals surface area contributed by atoms with Crippen LogP contribution in [0, 0.1) is 18.8 Å². The Morgan fingerprint density at radius 2 is 2.08 bits per heavy atom. The van der Waals surface area contributed by atoms with E-state index >= 15 is 0 Å². The monoisotopic (exact) mass is 383 g/mol. The van der Waals surface area contributed by atoms with Crippen molar-refractivity contribution < 1.29 is 9.21 Å². The van der Waals surface area contributed by atoms with Crippen LogP contribution in [0.4, 0.5) is 0 Å². The highest BCUT2D eigenvalue weighted by molar-refractivity contribution is 6.30. The first-order chi connectivity index (χ1) is 11.6. The van der Waals surface area contributed by atoms with Crippen LogP contribution in [0.1, 0.15) is 30.8 Å². The largest absolute Gasteiger partial charge is 0.438 e. The van der Waals surface area contributed by atoms with Gasteiger partial charge in [-0.15, -0.1) is 12.4 Å². The average Bonchev–Trinajstić information content (AvgIpc) is 3.20. The molecule has 3 rings (SSSR count). The van der Waals surface area contributed by atoms with Crippen LogP contribution >= 0.6 is 24.0 Å². The Kier molecular flexibility index (Phi) is 6.87. The van der Waals surface area contributed by atoms with E-state index in [2.05, 4.69) is 10.3 Å². The first-order valence-electron chi connectivity index (χ1n) is 8.28. The predicted molar refractivity (Wildman–Crippen MR) is 101 cm³/mol. The van der Waals surface area contributed by atoms with E-state index in [-0.39, 0.29) is 24.2 Å². The van der Waals surface area contributed by atoms with Gasteiger partial charge in [0, 0.05) is 16.5 Å². The van der Waals surface area contributed by atoms with Crippen molar-refractivity contribution in [2.24, 2.45) is 17.6 Å². The molecule has 2 aromatic rings. The molecule has 0 spiro atoms. The number of hydrogen-bond acceptors (Lipinski definition) is 4. The lowest BCUT2D eigenvalue weighted by Crippen LogP contribution is -2.34. The van der Waals surface area contributed by atoms with Crippen LogP contribution in [0.25, 0.3) is 11.3 Å². The van der Waals surface area contributed by atoms with E-state index in [0.29, 0.717) is 35.7 Å². The molecule has 136 valence electrons. The van der Waals surface area contributed by atoms with E-state index in [1.807, 2.05) is 31.2 Å². The summed E-state index contributed by atoms with van der Waals surface area (Å²) in [7, 11) is 0. The van der Waals surface area contributed by atoms with Crippen LogP contribution in [0.3, 0.4) is 0 Å². The lowest BCUT2D eigenvalue weighted by Gasteiger charge is -2.16. The second-order valence-corrected chi connectivity index (χ2v) is 6.72. The average molecular weight is 384 g/mol. The van der Waals surface area contributed by atoms with Crippen LogP contribution in [-0.4, -0.2) is 17.4 Å². The topological polar surface area (TPSA) is 81.2 Å². The van der Waals surface area contributed by atoms with Crippen LogP contribution in [0.15, 0.2) is 28.7 Å². The van der Waals surface area contributed by atoms with Gasteiger partial charge in [0.1, 0.15) is 0 Å². The highest BCUT2D eigenvalue weighted by Gasteiger charge is 2.31. The molecule has 1 saturated carbocycles. The Labute approximate surface area is 158 Å². The molecule has 0 aliphatic heterocycles. The van der Waals surface area contributed by atoms with Crippen LogP contribution in [0.5, 0.6) is 0 Å². The molecule has 0 saturated heterocycles. The Bertz CT molecular complexity index is 716. The third-order valence-electron chi connectivity index (χ3n) is 4.66. The molecule has 0 radical (unpaired) electrons. The molecule has 3 N–H and O–H groups in total. The van der Waals surface area contributed by atoms with Crippen LogP contribution < -0.4 is 11.1 Å². The Morgan fingerprint density at radius 1 is 1.36 bits per heavy atom. The Balaban J connectivity index is 0.00000225. The SMILES string of the molecule is Cc1nc(CNC(=O)[C@@H]2CCC[C@@H]2CN)oc1-c1ccc(Cl)cc1.Cl. The van der Waals surface area contributed by atoms with Gasteiger partial charge in [0.25, 0.3) is 0 Å². The molecule has 2 atom stereocenters. The van der Waals surface area contributed by atoms with Crippen molar-refractivity contribution >= 4 is 29.9 Å². The number of benzene rings is 1. The summed E-state index contributed by atoms with van der Waals surface area (Å²) in [4.78, 5) is 16.7. The molecular weight excluding hydrogens is 361 g/mol. The third kappa shape index (κ3) is 4.54. The summed E-state index contributed by atoms with van der Waals surface area (Å²) in [6.07, 6.45) is 3.01. The Morgan fingerprint density at radius 3 is 2.76 bits per heavy atom. The highest BCUT2D eigenvalue weighted by Crippen LogP contribution is 2.31. The quantitative estimate of drug-likeness (QED) is 0.823. The molecule has 25 heavy (non-hydrogen) atoms. The molecule has 1 amide bonds. The summed E-state index contributed by atoms with van der Waals surface area (Å²) in [5.74, 6) is 1.57. The van der Waals surface area contributed by atoms with Gasteiger partial charge in [-0.2, -0.15) is 0 Å². The zero-order valence-corrected chi connectivity index (χ0v) is 15.7. The first kappa shape index (κ1) is 19.8. The van der Waals surface area contributed by atoms with Crippen molar-refractivity contribution in [1.29, 1.82) is 0 Å². The molecule has 1 aromatic carbocycles. The number of nitrogens with zero attached hydrogens (tertiary/aromatic N) is 1. The molecule has 5 nitrogen and oxygen atoms in total. The highest BCUT2D eigenvalue weighted by atomic mass is 35.5. The standard InChI is InChI=1S/C18H22ClN3O2.ClH/c1-11-17(12-5-7-14(19)8-6-12)24-16(22-11)10-21-18(23)15-4-2-3-13(15)9-20;/h5-8,13,15H,2-4,9-10,20H2,1H3,(H,21,23);1H/t13-,15-;/m1./s1. The van der Waals surface area contributed by atoms with Gasteiger partial charge in [-0.3, -0.25) is 4.79 Å². The van der Waals surface area contributed by atoms with Crippen molar-refractivity contribution in [1.82, 2.24) is 10.3 Å². The minimum Gasteiger partial charge on any atom is -0.438 e. The number of amides is 1. The maximum atomic E-state index is 12.3. The summed E-state index contributed by atoms with van der Waals surface area (Å²) in [6.45, 7) is 2.75. The number of aryl methyl sites for hydroxylation is 1. The second-order valence-electron chi connectivity index (χ2n) is 6.28. The van der Waals surface area contributed by atoms with Gasteiger partial charge < -0.3 is 15.5 Å². The number of aromatic nitrogens is 1. The molecule has 1 aromatic heterocycles. The molecule has 0 bridgehead atoms. The normalized spacial score (nSPS) is 19.5. The van der Waals surface area contributed by atoms with Gasteiger partial charge in [0.15, 0.2) is 5.76 Å². The van der Waals surface area contributed by atoms with Gasteiger partial charge >= 0.3 is 0 Å². The van der Waals surface area contributed by atoms with Crippen molar-refractivity contribution in [2.75, 3.05) is 6.54 Å². The fourth-order valence-electron chi connectivity index (χ4n) is 3.35. The maximum absolute atomic E-state index is 12.3. The van der Waals surface area contributed by atoms with Gasteiger partial charge in [-0.25, -0.2) is 4.98 Å². The molecule has 1 heterocycles. The second kappa shape index (κ2) is 8.70. The molecule has 1 aliphatic carbocycles. The smallest absolute Gasteiger partial charge is 0.223 e. The van der Waals surface area contributed by atoms with Gasteiger partial charge in [-0.05, 0) is 56.5 Å². The van der Waals surface area contributed by atoms with Crippen LogP contribution in [-0.2, 0) is 11.3 Å². The van der Waals surface area contributed by atoms with Gasteiger partial charge in [0.05, 0.1) is 12.2 Å². The third-order valence-corrected chi connectivity index (χ3v) is 4.91. The molecule has 1 aliphatic rings. The number of halogens is 2. The fourth-order valence-corrected chi connectivity index (χ4v) is 3.48. The summed E-state index contributed by atoms with van der Waals surface area (Å²) < 4.78 is 5.81. The van der Waals surface area contributed by atoms with E-state index < -0.39 is 0 Å². The summed E-state index contributed by atoms with van der Waals surface area (Å²) in [5.41, 5.74) is 7.46. The number of nitrogens with one attached hydrogen (secondary N) is 1. The maximum Gasteiger partial charge on any atom is 0.223 e. The summed E-state index contributed by atoms with van der Waals surface area (Å²) >= 11 is 5.91. The van der Waals surface area contributed by atoms with Gasteiger partial charge in [0.2, 0.25) is 11.8 Å². The van der Waals surface area contributed by atoms with Gasteiger partial charge in [-0.1, -0.05) is 18.0 Å². The number of carbonyl (C=O) groups excluding carboxylic acids is 1. The van der Waals surface area contributed by atoms with Crippen molar-refractivity contribution in [3.05, 3.63) is 40.9 Å². The number of carbonyl (C=O) groups is 1. The summed E-state index contributed by atoms with van der Waals surface area (Å²) in [6, 6.07) is 7.41. The molecule has 0 unspecified atom stereocenters. The van der Waals surface area contributed by atoms with E-state index in [1.165, 1.54) is 0 Å². The first-order valence-corrected chi connectivity index (χ1v) is 8.66. The number of rotatable bonds is 5. The van der Waals surface area contributed by atoms with Crippen molar-refractivity contribution in [3.8, 4) is 11.3 Å². The lowest BCUT2D eigenvalue weighted by atomic mass is 9.95. The van der Waals surface area contributed by atoms with Crippen LogP contribution in [0.2, 0.25) is 5.02 Å². The molecule has 7 heteroatoms. The van der Waals surface area contributed by atoms with E-state index in [1.54, 1.807) is 0 Å². The number of hydrogen-bond donors (Lipinski definition) is 2. The fraction of sp³-hybridized carbons (Fsp3) is 0.444. The van der Waals surface area contributed by atoms with E-state index in [0.717, 1.165) is 30.5 Å². The van der Waals surface area contributed by atoms with Crippen molar-refractivity contribution in [3.63, 3.8) is 0 Å². The zero-order chi connectivity index (χ0) is 17.1.